The van der Waals surface area contributed by atoms with Crippen LogP contribution in [-0.4, -0.2) is 65.1 Å². The second-order valence-electron chi connectivity index (χ2n) is 7.56. The number of rotatable bonds is 4. The highest BCUT2D eigenvalue weighted by molar-refractivity contribution is 5.94. The van der Waals surface area contributed by atoms with E-state index in [2.05, 4.69) is 16.4 Å². The van der Waals surface area contributed by atoms with Gasteiger partial charge in [-0.25, -0.2) is 4.39 Å². The lowest BCUT2D eigenvalue weighted by Crippen LogP contribution is -2.42. The van der Waals surface area contributed by atoms with Gasteiger partial charge in [0.2, 0.25) is 5.91 Å². The number of hydrogen-bond donors (Lipinski definition) is 1. The third-order valence-corrected chi connectivity index (χ3v) is 5.60. The maximum absolute atomic E-state index is 13.6. The first-order chi connectivity index (χ1) is 14.1. The first-order valence-electron chi connectivity index (χ1n) is 9.69. The minimum atomic E-state index is -1.12. The van der Waals surface area contributed by atoms with Crippen molar-refractivity contribution in [3.63, 3.8) is 0 Å². The van der Waals surface area contributed by atoms with Crippen LogP contribution in [0.25, 0.3) is 10.9 Å². The molecule has 0 saturated carbocycles. The number of nitriles is 2. The lowest BCUT2D eigenvalue weighted by atomic mass is 10.1. The number of alkyl halides is 1. The van der Waals surface area contributed by atoms with Crippen molar-refractivity contribution in [2.24, 2.45) is 0 Å². The van der Waals surface area contributed by atoms with E-state index in [-0.39, 0.29) is 31.5 Å². The molecule has 0 aliphatic carbocycles. The molecular weight excluding hydrogens is 371 g/mol. The van der Waals surface area contributed by atoms with Gasteiger partial charge in [-0.2, -0.15) is 10.5 Å². The van der Waals surface area contributed by atoms with E-state index in [1.165, 1.54) is 4.90 Å². The lowest BCUT2D eigenvalue weighted by Gasteiger charge is -2.23. The number of carbonyl (C=O) groups excluding carboxylic acids is 1. The van der Waals surface area contributed by atoms with Crippen molar-refractivity contribution in [3.8, 4) is 12.1 Å². The smallest absolute Gasteiger partial charge is 0.237 e. The minimum Gasteiger partial charge on any atom is -0.380 e. The second kappa shape index (κ2) is 8.02. The number of hydrogen-bond acceptors (Lipinski definition) is 6. The summed E-state index contributed by atoms with van der Waals surface area (Å²) < 4.78 is 13.6. The van der Waals surface area contributed by atoms with E-state index in [1.54, 1.807) is 12.3 Å². The van der Waals surface area contributed by atoms with Gasteiger partial charge in [0.25, 0.3) is 0 Å². The van der Waals surface area contributed by atoms with Gasteiger partial charge in [0, 0.05) is 42.8 Å². The van der Waals surface area contributed by atoms with E-state index < -0.39 is 12.2 Å². The van der Waals surface area contributed by atoms with Crippen LogP contribution >= 0.6 is 0 Å². The summed E-state index contributed by atoms with van der Waals surface area (Å²) in [7, 11) is 0. The molecule has 2 aliphatic rings. The van der Waals surface area contributed by atoms with Crippen LogP contribution in [0.1, 0.15) is 18.4 Å². The number of carbonyl (C=O) groups is 1. The summed E-state index contributed by atoms with van der Waals surface area (Å²) in [6.07, 6.45) is 1.52. The highest BCUT2D eigenvalue weighted by Crippen LogP contribution is 2.27. The van der Waals surface area contributed by atoms with Gasteiger partial charge in [-0.3, -0.25) is 14.7 Å². The third kappa shape index (κ3) is 3.85. The van der Waals surface area contributed by atoms with Crippen LogP contribution < -0.4 is 5.32 Å². The highest BCUT2D eigenvalue weighted by Gasteiger charge is 2.36. The summed E-state index contributed by atoms with van der Waals surface area (Å²) in [6, 6.07) is 11.1. The predicted octanol–water partition coefficient (Wildman–Crippen LogP) is 2.06. The Hall–Kier alpha value is -3.23. The summed E-state index contributed by atoms with van der Waals surface area (Å²) in [5.74, 6) is -0.189. The zero-order valence-corrected chi connectivity index (χ0v) is 15.9. The average molecular weight is 392 g/mol. The molecule has 148 valence electrons. The topological polar surface area (TPSA) is 96.0 Å². The van der Waals surface area contributed by atoms with Crippen molar-refractivity contribution in [2.75, 3.05) is 31.5 Å². The summed E-state index contributed by atoms with van der Waals surface area (Å²) in [4.78, 5) is 20.3. The number of amides is 1. The van der Waals surface area contributed by atoms with Crippen LogP contribution in [0.2, 0.25) is 0 Å². The van der Waals surface area contributed by atoms with E-state index >= 15 is 0 Å². The Balaban J connectivity index is 1.40. The Morgan fingerprint density at radius 1 is 1.31 bits per heavy atom. The Morgan fingerprint density at radius 2 is 2.17 bits per heavy atom. The Kier molecular flexibility index (Phi) is 5.28. The molecule has 29 heavy (non-hydrogen) atoms. The fourth-order valence-corrected chi connectivity index (χ4v) is 4.17. The normalized spacial score (nSPS) is 24.4. The summed E-state index contributed by atoms with van der Waals surface area (Å²) in [5, 5.41) is 22.8. The lowest BCUT2D eigenvalue weighted by molar-refractivity contribution is -0.132. The number of benzene rings is 1. The molecule has 3 heterocycles. The van der Waals surface area contributed by atoms with Gasteiger partial charge in [-0.1, -0.05) is 0 Å². The summed E-state index contributed by atoms with van der Waals surface area (Å²) in [6.45, 7) is 1.63. The number of nitrogens with one attached hydrogen (secondary N) is 1. The fourth-order valence-electron chi connectivity index (χ4n) is 4.17. The standard InChI is InChI=1S/C21H21FN6O/c22-15-8-17(10-24)28(11-15)20(29)13-27-7-5-16(12-27)26-19-4-3-14(9-23)21-18(19)2-1-6-25-21/h1-4,6,15-17,26H,5,7-8,11-13H2/t15-,16-,17?/m0/s1. The molecule has 0 bridgehead atoms. The molecule has 2 aliphatic heterocycles. The molecule has 4 rings (SSSR count). The van der Waals surface area contributed by atoms with Gasteiger partial charge in [-0.15, -0.1) is 0 Å². The van der Waals surface area contributed by atoms with Crippen LogP contribution in [0.4, 0.5) is 10.1 Å². The molecule has 8 heteroatoms. The summed E-state index contributed by atoms with van der Waals surface area (Å²) in [5.41, 5.74) is 2.12. The molecule has 7 nitrogen and oxygen atoms in total. The molecule has 1 amide bonds. The monoisotopic (exact) mass is 392 g/mol. The Bertz CT molecular complexity index is 1010. The SMILES string of the molecule is N#Cc1ccc(N[C@H]2CCN(CC(=O)N3C[C@@H](F)CC3C#N)C2)c2cccnc12. The van der Waals surface area contributed by atoms with Crippen LogP contribution in [-0.2, 0) is 4.79 Å². The second-order valence-corrected chi connectivity index (χ2v) is 7.56. The minimum absolute atomic E-state index is 0.0107. The maximum atomic E-state index is 13.6. The van der Waals surface area contributed by atoms with E-state index in [0.717, 1.165) is 24.0 Å². The van der Waals surface area contributed by atoms with Crippen molar-refractivity contribution >= 4 is 22.5 Å². The van der Waals surface area contributed by atoms with Crippen LogP contribution in [0.5, 0.6) is 0 Å². The van der Waals surface area contributed by atoms with Crippen LogP contribution in [0.3, 0.4) is 0 Å². The molecule has 0 spiro atoms. The van der Waals surface area contributed by atoms with Crippen molar-refractivity contribution in [3.05, 3.63) is 36.0 Å². The zero-order valence-electron chi connectivity index (χ0n) is 15.9. The van der Waals surface area contributed by atoms with Gasteiger partial charge < -0.3 is 10.2 Å². The highest BCUT2D eigenvalue weighted by atomic mass is 19.1. The Labute approximate surface area is 168 Å². The molecule has 1 unspecified atom stereocenters. The zero-order chi connectivity index (χ0) is 20.4. The quantitative estimate of drug-likeness (QED) is 0.856. The number of aromatic nitrogens is 1. The largest absolute Gasteiger partial charge is 0.380 e. The van der Waals surface area contributed by atoms with Crippen molar-refractivity contribution in [1.82, 2.24) is 14.8 Å². The predicted molar refractivity (Wildman–Crippen MR) is 106 cm³/mol. The third-order valence-electron chi connectivity index (χ3n) is 5.60. The molecule has 2 aromatic rings. The molecule has 2 saturated heterocycles. The number of anilines is 1. The molecule has 1 aromatic carbocycles. The van der Waals surface area contributed by atoms with Gasteiger partial charge in [0.1, 0.15) is 18.3 Å². The molecular formula is C21H21FN6O. The van der Waals surface area contributed by atoms with Gasteiger partial charge in [0.15, 0.2) is 0 Å². The van der Waals surface area contributed by atoms with E-state index in [0.29, 0.717) is 17.6 Å². The van der Waals surface area contributed by atoms with Gasteiger partial charge >= 0.3 is 0 Å². The molecule has 0 radical (unpaired) electrons. The number of likely N-dealkylation sites (tertiary alicyclic amines) is 2. The van der Waals surface area contributed by atoms with Crippen LogP contribution in [0, 0.1) is 22.7 Å². The van der Waals surface area contributed by atoms with E-state index in [4.69, 9.17) is 5.26 Å². The molecule has 3 atom stereocenters. The molecule has 1 N–H and O–H groups in total. The van der Waals surface area contributed by atoms with Crippen molar-refractivity contribution in [2.45, 2.75) is 31.1 Å². The number of pyridine rings is 1. The van der Waals surface area contributed by atoms with Gasteiger partial charge in [-0.05, 0) is 30.7 Å². The van der Waals surface area contributed by atoms with Gasteiger partial charge in [0.05, 0.1) is 30.2 Å². The number of fused-ring (bicyclic) bond motifs is 1. The van der Waals surface area contributed by atoms with E-state index in [1.807, 2.05) is 29.2 Å². The summed E-state index contributed by atoms with van der Waals surface area (Å²) >= 11 is 0. The van der Waals surface area contributed by atoms with Crippen molar-refractivity contribution < 1.29 is 9.18 Å². The molecule has 2 fully saturated rings. The maximum Gasteiger partial charge on any atom is 0.237 e. The fraction of sp³-hybridized carbons (Fsp3) is 0.429. The van der Waals surface area contributed by atoms with Crippen molar-refractivity contribution in [1.29, 1.82) is 10.5 Å². The Morgan fingerprint density at radius 3 is 2.97 bits per heavy atom. The number of halogens is 1. The number of nitrogens with zero attached hydrogens (tertiary/aromatic N) is 5. The average Bonchev–Trinajstić information content (AvgIpc) is 3.34. The molecule has 1 aromatic heterocycles. The van der Waals surface area contributed by atoms with E-state index in [9.17, 15) is 14.4 Å². The van der Waals surface area contributed by atoms with Crippen LogP contribution in [0.15, 0.2) is 30.5 Å². The first kappa shape index (κ1) is 19.1. The first-order valence-corrected chi connectivity index (χ1v) is 9.69.